The van der Waals surface area contributed by atoms with Crippen LogP contribution in [0.2, 0.25) is 0 Å². The third-order valence-corrected chi connectivity index (χ3v) is 5.90. The number of nitrogens with one attached hydrogen (secondary N) is 2. The second kappa shape index (κ2) is 11.0. The van der Waals surface area contributed by atoms with Crippen LogP contribution in [0.4, 0.5) is 10.6 Å². The summed E-state index contributed by atoms with van der Waals surface area (Å²) < 4.78 is 10.9. The van der Waals surface area contributed by atoms with Gasteiger partial charge in [-0.05, 0) is 43.7 Å². The first-order chi connectivity index (χ1) is 16.6. The van der Waals surface area contributed by atoms with Crippen molar-refractivity contribution in [2.45, 2.75) is 19.9 Å². The van der Waals surface area contributed by atoms with Gasteiger partial charge in [-0.1, -0.05) is 18.2 Å². The Hall–Kier alpha value is -3.59. The summed E-state index contributed by atoms with van der Waals surface area (Å²) in [5.74, 6) is 1.26. The Balaban J connectivity index is 1.55. The molecule has 1 fully saturated rings. The van der Waals surface area contributed by atoms with Crippen molar-refractivity contribution in [1.82, 2.24) is 20.5 Å². The van der Waals surface area contributed by atoms with Gasteiger partial charge in [-0.25, -0.2) is 14.6 Å². The Kier molecular flexibility index (Phi) is 7.64. The average Bonchev–Trinajstić information content (AvgIpc) is 2.85. The highest BCUT2D eigenvalue weighted by molar-refractivity contribution is 5.95. The number of esters is 1. The van der Waals surface area contributed by atoms with Crippen molar-refractivity contribution in [2.75, 3.05) is 50.8 Å². The zero-order valence-electron chi connectivity index (χ0n) is 19.6. The molecule has 0 bridgehead atoms. The van der Waals surface area contributed by atoms with E-state index in [1.165, 1.54) is 0 Å². The molecule has 1 aromatic heterocycles. The number of piperazine rings is 1. The van der Waals surface area contributed by atoms with Gasteiger partial charge in [-0.3, -0.25) is 4.90 Å². The summed E-state index contributed by atoms with van der Waals surface area (Å²) in [7, 11) is 0. The van der Waals surface area contributed by atoms with Gasteiger partial charge >= 0.3 is 12.0 Å². The maximum atomic E-state index is 13.0. The summed E-state index contributed by atoms with van der Waals surface area (Å²) in [4.78, 5) is 34.5. The summed E-state index contributed by atoms with van der Waals surface area (Å²) in [6.45, 7) is 8.16. The first-order valence-electron chi connectivity index (χ1n) is 11.7. The lowest BCUT2D eigenvalue weighted by Crippen LogP contribution is -2.52. The number of carbonyl (C=O) groups is 2. The summed E-state index contributed by atoms with van der Waals surface area (Å²) in [6.07, 6.45) is 1.80. The van der Waals surface area contributed by atoms with E-state index in [0.29, 0.717) is 24.4 Å². The molecule has 9 nitrogen and oxygen atoms in total. The molecule has 1 atom stereocenters. The van der Waals surface area contributed by atoms with Crippen molar-refractivity contribution in [2.24, 2.45) is 0 Å². The molecule has 9 heteroatoms. The van der Waals surface area contributed by atoms with Crippen LogP contribution in [0.1, 0.15) is 25.5 Å². The molecule has 2 aromatic rings. The average molecular weight is 466 g/mol. The van der Waals surface area contributed by atoms with Crippen LogP contribution in [0, 0.1) is 0 Å². The van der Waals surface area contributed by atoms with E-state index >= 15 is 0 Å². The Labute approximate surface area is 199 Å². The van der Waals surface area contributed by atoms with Crippen LogP contribution in [-0.2, 0) is 9.53 Å². The van der Waals surface area contributed by atoms with Crippen LogP contribution in [0.3, 0.4) is 0 Å². The van der Waals surface area contributed by atoms with Gasteiger partial charge in [0.1, 0.15) is 11.6 Å². The molecule has 2 aliphatic heterocycles. The smallest absolute Gasteiger partial charge is 0.338 e. The molecule has 180 valence electrons. The van der Waals surface area contributed by atoms with Gasteiger partial charge in [0, 0.05) is 44.6 Å². The maximum absolute atomic E-state index is 13.0. The lowest BCUT2D eigenvalue weighted by atomic mass is 9.94. The highest BCUT2D eigenvalue weighted by Gasteiger charge is 2.34. The second-order valence-electron chi connectivity index (χ2n) is 8.10. The zero-order valence-corrected chi connectivity index (χ0v) is 19.6. The van der Waals surface area contributed by atoms with E-state index in [9.17, 15) is 9.59 Å². The molecule has 4 rings (SSSR count). The number of hydrogen-bond donors (Lipinski definition) is 2. The van der Waals surface area contributed by atoms with Gasteiger partial charge in [0.05, 0.1) is 24.8 Å². The van der Waals surface area contributed by atoms with Crippen molar-refractivity contribution in [3.05, 3.63) is 65.5 Å². The molecule has 34 heavy (non-hydrogen) atoms. The lowest BCUT2D eigenvalue weighted by Gasteiger charge is -2.37. The van der Waals surface area contributed by atoms with Crippen LogP contribution in [0.5, 0.6) is 5.75 Å². The zero-order chi connectivity index (χ0) is 23.9. The molecule has 2 aliphatic rings. The normalized spacial score (nSPS) is 18.8. The SMILES string of the molecule is CCOC(=O)C1=C(CN2CCN(c3ccccn3)CC2)NC(=O)NC1c1ccc(OCC)cc1. The Morgan fingerprint density at radius 1 is 1.06 bits per heavy atom. The maximum Gasteiger partial charge on any atom is 0.338 e. The molecule has 3 heterocycles. The highest BCUT2D eigenvalue weighted by Crippen LogP contribution is 2.29. The first-order valence-corrected chi connectivity index (χ1v) is 11.7. The molecule has 2 N–H and O–H groups in total. The number of aromatic nitrogens is 1. The van der Waals surface area contributed by atoms with Gasteiger partial charge in [0.2, 0.25) is 0 Å². The largest absolute Gasteiger partial charge is 0.494 e. The fourth-order valence-corrected chi connectivity index (χ4v) is 4.27. The lowest BCUT2D eigenvalue weighted by molar-refractivity contribution is -0.139. The van der Waals surface area contributed by atoms with Gasteiger partial charge in [0.25, 0.3) is 0 Å². The predicted molar refractivity (Wildman–Crippen MR) is 129 cm³/mol. The first kappa shape index (κ1) is 23.6. The molecule has 2 amide bonds. The Morgan fingerprint density at radius 2 is 1.82 bits per heavy atom. The summed E-state index contributed by atoms with van der Waals surface area (Å²) in [5.41, 5.74) is 1.80. The fraction of sp³-hybridized carbons (Fsp3) is 0.400. The van der Waals surface area contributed by atoms with E-state index in [4.69, 9.17) is 9.47 Å². The van der Waals surface area contributed by atoms with Crippen molar-refractivity contribution in [3.8, 4) is 5.75 Å². The minimum Gasteiger partial charge on any atom is -0.494 e. The number of pyridine rings is 1. The number of urea groups is 1. The molecule has 0 radical (unpaired) electrons. The third kappa shape index (κ3) is 5.48. The van der Waals surface area contributed by atoms with Gasteiger partial charge in [-0.15, -0.1) is 0 Å². The van der Waals surface area contributed by atoms with Crippen molar-refractivity contribution < 1.29 is 19.1 Å². The fourth-order valence-electron chi connectivity index (χ4n) is 4.27. The van der Waals surface area contributed by atoms with Crippen LogP contribution in [0.15, 0.2) is 59.9 Å². The number of amides is 2. The number of ether oxygens (including phenoxy) is 2. The van der Waals surface area contributed by atoms with E-state index in [0.717, 1.165) is 43.3 Å². The van der Waals surface area contributed by atoms with E-state index in [1.807, 2.05) is 49.4 Å². The monoisotopic (exact) mass is 465 g/mol. The van der Waals surface area contributed by atoms with Crippen LogP contribution in [0.25, 0.3) is 0 Å². The van der Waals surface area contributed by atoms with Crippen LogP contribution < -0.4 is 20.3 Å². The molecular formula is C25H31N5O4. The van der Waals surface area contributed by atoms with Crippen LogP contribution >= 0.6 is 0 Å². The number of hydrogen-bond acceptors (Lipinski definition) is 7. The Bertz CT molecular complexity index is 1020. The van der Waals surface area contributed by atoms with E-state index in [-0.39, 0.29) is 12.6 Å². The summed E-state index contributed by atoms with van der Waals surface area (Å²) >= 11 is 0. The number of benzene rings is 1. The Morgan fingerprint density at radius 3 is 2.47 bits per heavy atom. The van der Waals surface area contributed by atoms with E-state index in [1.54, 1.807) is 13.1 Å². The number of nitrogens with zero attached hydrogens (tertiary/aromatic N) is 3. The van der Waals surface area contributed by atoms with Crippen molar-refractivity contribution in [1.29, 1.82) is 0 Å². The van der Waals surface area contributed by atoms with Gasteiger partial charge in [0.15, 0.2) is 0 Å². The van der Waals surface area contributed by atoms with Crippen LogP contribution in [-0.4, -0.2) is 67.8 Å². The highest BCUT2D eigenvalue weighted by atomic mass is 16.5. The van der Waals surface area contributed by atoms with E-state index in [2.05, 4.69) is 25.4 Å². The topological polar surface area (TPSA) is 96.0 Å². The van der Waals surface area contributed by atoms with Crippen molar-refractivity contribution in [3.63, 3.8) is 0 Å². The molecule has 0 aliphatic carbocycles. The van der Waals surface area contributed by atoms with Gasteiger partial charge < -0.3 is 25.0 Å². The number of anilines is 1. The summed E-state index contributed by atoms with van der Waals surface area (Å²) in [6, 6.07) is 12.4. The third-order valence-electron chi connectivity index (χ3n) is 5.90. The second-order valence-corrected chi connectivity index (χ2v) is 8.10. The number of carbonyl (C=O) groups excluding carboxylic acids is 2. The molecule has 1 saturated heterocycles. The van der Waals surface area contributed by atoms with Gasteiger partial charge in [-0.2, -0.15) is 0 Å². The van der Waals surface area contributed by atoms with Crippen molar-refractivity contribution >= 4 is 17.8 Å². The molecular weight excluding hydrogens is 434 g/mol. The molecule has 1 aromatic carbocycles. The predicted octanol–water partition coefficient (Wildman–Crippen LogP) is 2.47. The standard InChI is InChI=1S/C25H31N5O4/c1-3-33-19-10-8-18(9-11-19)23-22(24(31)34-4-2)20(27-25(32)28-23)17-29-13-15-30(16-14-29)21-7-5-6-12-26-21/h5-12,23H,3-4,13-17H2,1-2H3,(H2,27,28,32). The quantitative estimate of drug-likeness (QED) is 0.578. The molecule has 0 spiro atoms. The minimum absolute atomic E-state index is 0.252. The molecule has 0 saturated carbocycles. The van der Waals surface area contributed by atoms with E-state index < -0.39 is 12.0 Å². The minimum atomic E-state index is -0.603. The summed E-state index contributed by atoms with van der Waals surface area (Å²) in [5, 5.41) is 5.75. The number of rotatable bonds is 8. The molecule has 1 unspecified atom stereocenters.